The zero-order valence-corrected chi connectivity index (χ0v) is 14.8. The smallest absolute Gasteiger partial charge is 0.0456 e. The van der Waals surface area contributed by atoms with Crippen LogP contribution >= 0.6 is 52.1 Å². The van der Waals surface area contributed by atoms with Gasteiger partial charge in [-0.3, -0.25) is 4.90 Å². The molecule has 1 saturated carbocycles. The Bertz CT molecular complexity index is 378. The molecule has 0 bridgehead atoms. The molecule has 0 radical (unpaired) electrons. The molecule has 0 amide bonds. The molecule has 110 valence electrons. The Labute approximate surface area is 140 Å². The van der Waals surface area contributed by atoms with Crippen molar-refractivity contribution in [1.82, 2.24) is 10.2 Å². The minimum absolute atomic E-state index is 0. The van der Waals surface area contributed by atoms with Crippen LogP contribution in [0, 0.1) is 5.92 Å². The van der Waals surface area contributed by atoms with Gasteiger partial charge < -0.3 is 5.32 Å². The van der Waals surface area contributed by atoms with E-state index in [-0.39, 0.29) is 24.8 Å². The summed E-state index contributed by atoms with van der Waals surface area (Å²) in [6.45, 7) is 4.68. The van der Waals surface area contributed by atoms with Crippen LogP contribution in [0.5, 0.6) is 0 Å². The number of nitrogens with zero attached hydrogens (tertiary/aromatic N) is 1. The molecular formula is C13H21BrCl2N2S. The first-order valence-corrected chi connectivity index (χ1v) is 8.19. The fraction of sp³-hybridized carbons (Fsp3) is 0.692. The average Bonchev–Trinajstić information content (AvgIpc) is 3.09. The highest BCUT2D eigenvalue weighted by Gasteiger charge is 2.31. The molecule has 3 rings (SSSR count). The van der Waals surface area contributed by atoms with Gasteiger partial charge in [0.25, 0.3) is 0 Å². The van der Waals surface area contributed by atoms with Crippen molar-refractivity contribution >= 4 is 52.1 Å². The van der Waals surface area contributed by atoms with Crippen LogP contribution in [-0.4, -0.2) is 31.1 Å². The molecule has 0 aromatic carbocycles. The van der Waals surface area contributed by atoms with Crippen LogP contribution in [0.2, 0.25) is 0 Å². The van der Waals surface area contributed by atoms with Gasteiger partial charge in [-0.2, -0.15) is 0 Å². The molecule has 2 aliphatic rings. The highest BCUT2D eigenvalue weighted by Crippen LogP contribution is 2.43. The van der Waals surface area contributed by atoms with Gasteiger partial charge in [0, 0.05) is 41.6 Å². The van der Waals surface area contributed by atoms with E-state index in [1.807, 2.05) is 11.3 Å². The predicted molar refractivity (Wildman–Crippen MR) is 91.0 cm³/mol. The van der Waals surface area contributed by atoms with Gasteiger partial charge in [0.15, 0.2) is 0 Å². The van der Waals surface area contributed by atoms with Crippen molar-refractivity contribution in [2.45, 2.75) is 25.3 Å². The van der Waals surface area contributed by atoms with Crippen LogP contribution in [-0.2, 0) is 0 Å². The van der Waals surface area contributed by atoms with Crippen LogP contribution in [0.1, 0.15) is 30.2 Å². The number of rotatable bonds is 4. The minimum Gasteiger partial charge on any atom is -0.314 e. The molecule has 2 fully saturated rings. The third-order valence-electron chi connectivity index (χ3n) is 3.79. The van der Waals surface area contributed by atoms with Gasteiger partial charge in [-0.1, -0.05) is 12.8 Å². The van der Waals surface area contributed by atoms with Gasteiger partial charge in [-0.25, -0.2) is 0 Å². The first kappa shape index (κ1) is 17.7. The van der Waals surface area contributed by atoms with Crippen molar-refractivity contribution in [3.63, 3.8) is 0 Å². The summed E-state index contributed by atoms with van der Waals surface area (Å²) < 4.78 is 1.31. The maximum atomic E-state index is 3.71. The molecule has 6 heteroatoms. The zero-order valence-electron chi connectivity index (χ0n) is 10.8. The predicted octanol–water partition coefficient (Wildman–Crippen LogP) is 4.10. The summed E-state index contributed by atoms with van der Waals surface area (Å²) in [6.07, 6.45) is 4.26. The lowest BCUT2D eigenvalue weighted by Crippen LogP contribution is -2.45. The Morgan fingerprint density at radius 2 is 2.00 bits per heavy atom. The molecule has 2 nitrogen and oxygen atoms in total. The number of hydrogen-bond donors (Lipinski definition) is 1. The Hall–Kier alpha value is 0.680. The number of nitrogens with one attached hydrogen (secondary N) is 1. The largest absolute Gasteiger partial charge is 0.314 e. The van der Waals surface area contributed by atoms with Gasteiger partial charge in [0.2, 0.25) is 0 Å². The SMILES string of the molecule is Brc1ccsc1[C@@H](CC1CC1)N1CCNCC1.Cl.Cl. The van der Waals surface area contributed by atoms with Gasteiger partial charge in [0.1, 0.15) is 0 Å². The maximum absolute atomic E-state index is 3.71. The number of hydrogen-bond acceptors (Lipinski definition) is 3. The van der Waals surface area contributed by atoms with Gasteiger partial charge in [0.05, 0.1) is 0 Å². The summed E-state index contributed by atoms with van der Waals surface area (Å²) in [5.74, 6) is 0.990. The van der Waals surface area contributed by atoms with Crippen LogP contribution in [0.15, 0.2) is 15.9 Å². The monoisotopic (exact) mass is 386 g/mol. The average molecular weight is 388 g/mol. The second-order valence-electron chi connectivity index (χ2n) is 5.11. The number of piperazine rings is 1. The molecule has 1 aliphatic heterocycles. The van der Waals surface area contributed by atoms with Crippen LogP contribution in [0.4, 0.5) is 0 Å². The summed E-state index contributed by atoms with van der Waals surface area (Å²) in [5, 5.41) is 5.66. The Morgan fingerprint density at radius 3 is 2.53 bits per heavy atom. The topological polar surface area (TPSA) is 15.3 Å². The molecular weight excluding hydrogens is 367 g/mol. The van der Waals surface area contributed by atoms with E-state index in [0.717, 1.165) is 19.0 Å². The molecule has 1 saturated heterocycles. The van der Waals surface area contributed by atoms with Crippen molar-refractivity contribution in [3.8, 4) is 0 Å². The van der Waals surface area contributed by atoms with Crippen LogP contribution in [0.25, 0.3) is 0 Å². The summed E-state index contributed by atoms with van der Waals surface area (Å²) in [5.41, 5.74) is 0. The lowest BCUT2D eigenvalue weighted by atomic mass is 10.1. The fourth-order valence-corrected chi connectivity index (χ4v) is 4.41. The fourth-order valence-electron chi connectivity index (χ4n) is 2.63. The van der Waals surface area contributed by atoms with E-state index in [1.54, 1.807) is 4.88 Å². The molecule has 1 aromatic rings. The minimum atomic E-state index is 0. The summed E-state index contributed by atoms with van der Waals surface area (Å²) in [6, 6.07) is 2.85. The quantitative estimate of drug-likeness (QED) is 0.836. The van der Waals surface area contributed by atoms with Crippen molar-refractivity contribution in [3.05, 3.63) is 20.8 Å². The Morgan fingerprint density at radius 1 is 1.32 bits per heavy atom. The second-order valence-corrected chi connectivity index (χ2v) is 6.92. The molecule has 1 aromatic heterocycles. The van der Waals surface area contributed by atoms with Gasteiger partial charge in [-0.05, 0) is 39.7 Å². The van der Waals surface area contributed by atoms with Crippen LogP contribution < -0.4 is 5.32 Å². The summed E-state index contributed by atoms with van der Waals surface area (Å²) in [4.78, 5) is 4.21. The molecule has 1 atom stereocenters. The summed E-state index contributed by atoms with van der Waals surface area (Å²) in [7, 11) is 0. The Kier molecular flexibility index (Phi) is 7.65. The van der Waals surface area contributed by atoms with Gasteiger partial charge >= 0.3 is 0 Å². The molecule has 0 unspecified atom stereocenters. The van der Waals surface area contributed by atoms with Crippen molar-refractivity contribution in [2.75, 3.05) is 26.2 Å². The van der Waals surface area contributed by atoms with E-state index in [9.17, 15) is 0 Å². The third-order valence-corrected chi connectivity index (χ3v) is 5.77. The molecule has 19 heavy (non-hydrogen) atoms. The number of halogens is 3. The number of thiophene rings is 1. The lowest BCUT2D eigenvalue weighted by Gasteiger charge is -2.35. The van der Waals surface area contributed by atoms with Gasteiger partial charge in [-0.15, -0.1) is 36.2 Å². The van der Waals surface area contributed by atoms with Crippen molar-refractivity contribution in [1.29, 1.82) is 0 Å². The summed E-state index contributed by atoms with van der Waals surface area (Å²) >= 11 is 5.62. The first-order valence-electron chi connectivity index (χ1n) is 6.52. The van der Waals surface area contributed by atoms with Crippen LogP contribution in [0.3, 0.4) is 0 Å². The normalized spacial score (nSPS) is 21.3. The van der Waals surface area contributed by atoms with E-state index in [0.29, 0.717) is 6.04 Å². The van der Waals surface area contributed by atoms with E-state index in [1.165, 1.54) is 36.8 Å². The Balaban J connectivity index is 0.000000902. The van der Waals surface area contributed by atoms with E-state index in [4.69, 9.17) is 0 Å². The molecule has 1 aliphatic carbocycles. The standard InChI is InChI=1S/C13H19BrN2S.2ClH/c14-11-3-8-17-13(11)12(9-10-1-2-10)16-6-4-15-5-7-16;;/h3,8,10,12,15H,1-2,4-7,9H2;2*1H/t12-;;/m1../s1. The molecule has 1 N–H and O–H groups in total. The first-order chi connectivity index (χ1) is 8.34. The van der Waals surface area contributed by atoms with E-state index < -0.39 is 0 Å². The third kappa shape index (κ3) is 4.58. The maximum Gasteiger partial charge on any atom is 0.0456 e. The lowest BCUT2D eigenvalue weighted by molar-refractivity contribution is 0.162. The second kappa shape index (κ2) is 8.20. The van der Waals surface area contributed by atoms with E-state index >= 15 is 0 Å². The highest BCUT2D eigenvalue weighted by atomic mass is 79.9. The molecule has 2 heterocycles. The van der Waals surface area contributed by atoms with E-state index in [2.05, 4.69) is 37.6 Å². The van der Waals surface area contributed by atoms with Crippen molar-refractivity contribution < 1.29 is 0 Å². The van der Waals surface area contributed by atoms with Crippen molar-refractivity contribution in [2.24, 2.45) is 5.92 Å². The zero-order chi connectivity index (χ0) is 11.7. The molecule has 0 spiro atoms. The highest BCUT2D eigenvalue weighted by molar-refractivity contribution is 9.10.